The van der Waals surface area contributed by atoms with Crippen LogP contribution < -0.4 is 0 Å². The molecular weight excluding hydrogens is 906 g/mol. The van der Waals surface area contributed by atoms with Crippen LogP contribution in [0.1, 0.15) is 126 Å². The van der Waals surface area contributed by atoms with E-state index >= 15 is 0 Å². The summed E-state index contributed by atoms with van der Waals surface area (Å²) in [6.45, 7) is 15.9. The molecule has 3 aliphatic heterocycles. The van der Waals surface area contributed by atoms with Gasteiger partial charge in [0.15, 0.2) is 18.9 Å². The molecular formula is C53H84NO14P. The minimum atomic E-state index is -2.79. The van der Waals surface area contributed by atoms with E-state index < -0.39 is 85.1 Å². The molecule has 2 N–H and O–H groups in total. The Hall–Kier alpha value is -3.14. The summed E-state index contributed by atoms with van der Waals surface area (Å²) in [7, 11) is 1.76. The highest BCUT2D eigenvalue weighted by atomic mass is 31.2. The van der Waals surface area contributed by atoms with E-state index in [0.29, 0.717) is 63.4 Å². The Morgan fingerprint density at radius 2 is 1.58 bits per heavy atom. The smallest absolute Gasteiger partial charge is 0.329 e. The van der Waals surface area contributed by atoms with E-state index in [4.69, 9.17) is 28.2 Å². The second-order valence-electron chi connectivity index (χ2n) is 20.9. The van der Waals surface area contributed by atoms with Crippen molar-refractivity contribution in [2.75, 3.05) is 41.2 Å². The van der Waals surface area contributed by atoms with Gasteiger partial charge in [-0.3, -0.25) is 23.7 Å². The predicted octanol–water partition coefficient (Wildman–Crippen LogP) is 7.74. The number of rotatable bonds is 8. The van der Waals surface area contributed by atoms with Gasteiger partial charge in [0.05, 0.1) is 30.5 Å². The first-order valence-electron chi connectivity index (χ1n) is 25.2. The molecule has 1 amide bonds. The molecule has 1 saturated carbocycles. The minimum absolute atomic E-state index is 0.0144. The zero-order valence-corrected chi connectivity index (χ0v) is 44.3. The summed E-state index contributed by atoms with van der Waals surface area (Å²) in [5.41, 5.74) is 1.18. The minimum Gasteiger partial charge on any atom is -0.460 e. The number of ether oxygens (including phenoxy) is 5. The number of carbonyl (C=O) groups is 5. The molecule has 0 aromatic rings. The largest absolute Gasteiger partial charge is 0.460 e. The quantitative estimate of drug-likeness (QED) is 0.136. The second-order valence-corrected chi connectivity index (χ2v) is 23.6. The maximum absolute atomic E-state index is 14.5. The lowest BCUT2D eigenvalue weighted by Crippen LogP contribution is -2.61. The summed E-state index contributed by atoms with van der Waals surface area (Å²) in [5, 5.41) is 23.5. The van der Waals surface area contributed by atoms with Crippen LogP contribution in [0.3, 0.4) is 0 Å². The number of Topliss-reactive ketones (excluding diaryl/α,β-unsaturated/α-hetero) is 3. The summed E-state index contributed by atoms with van der Waals surface area (Å²) >= 11 is 0. The summed E-state index contributed by atoms with van der Waals surface area (Å²) in [5.74, 6) is -8.08. The van der Waals surface area contributed by atoms with Gasteiger partial charge in [-0.25, -0.2) is 4.79 Å². The molecule has 390 valence electrons. The molecule has 1 aliphatic carbocycles. The lowest BCUT2D eigenvalue weighted by atomic mass is 9.78. The molecule has 0 radical (unpaired) electrons. The molecule has 2 saturated heterocycles. The molecule has 0 aromatic heterocycles. The second kappa shape index (κ2) is 26.5. The van der Waals surface area contributed by atoms with E-state index in [9.17, 15) is 38.8 Å². The highest BCUT2D eigenvalue weighted by Crippen LogP contribution is 2.45. The Balaban J connectivity index is 1.70. The number of piperidine rings is 1. The number of hydrogen-bond acceptors (Lipinski definition) is 14. The van der Waals surface area contributed by atoms with Crippen LogP contribution in [0.15, 0.2) is 47.6 Å². The average molecular weight is 990 g/mol. The molecule has 69 heavy (non-hydrogen) atoms. The van der Waals surface area contributed by atoms with Crippen LogP contribution in [-0.4, -0.2) is 140 Å². The van der Waals surface area contributed by atoms with E-state index in [1.807, 2.05) is 58.1 Å². The van der Waals surface area contributed by atoms with Crippen molar-refractivity contribution < 1.29 is 67.0 Å². The molecule has 0 aromatic carbocycles. The van der Waals surface area contributed by atoms with Gasteiger partial charge in [0, 0.05) is 71.8 Å². The molecule has 3 fully saturated rings. The van der Waals surface area contributed by atoms with Crippen LogP contribution in [0.2, 0.25) is 0 Å². The van der Waals surface area contributed by atoms with Crippen LogP contribution >= 0.6 is 7.37 Å². The van der Waals surface area contributed by atoms with E-state index in [1.165, 1.54) is 12.0 Å². The van der Waals surface area contributed by atoms with Gasteiger partial charge in [-0.05, 0) is 107 Å². The third-order valence-electron chi connectivity index (χ3n) is 14.9. The summed E-state index contributed by atoms with van der Waals surface area (Å²) in [6, 6.07) is -1.16. The van der Waals surface area contributed by atoms with Gasteiger partial charge in [0.25, 0.3) is 11.7 Å². The van der Waals surface area contributed by atoms with Crippen LogP contribution in [0.5, 0.6) is 0 Å². The fourth-order valence-corrected chi connectivity index (χ4v) is 11.5. The van der Waals surface area contributed by atoms with Crippen LogP contribution in [0, 0.1) is 35.5 Å². The number of amides is 1. The van der Waals surface area contributed by atoms with Crippen molar-refractivity contribution in [2.45, 2.75) is 180 Å². The molecule has 0 spiro atoms. The number of nitrogens with zero attached hydrogens (tertiary/aromatic N) is 1. The van der Waals surface area contributed by atoms with E-state index in [0.717, 1.165) is 12.0 Å². The number of fused-ring (bicyclic) bond motifs is 3. The lowest BCUT2D eigenvalue weighted by Gasteiger charge is -2.42. The Kier molecular flexibility index (Phi) is 22.5. The van der Waals surface area contributed by atoms with Crippen LogP contribution in [-0.2, 0) is 56.7 Å². The van der Waals surface area contributed by atoms with Crippen molar-refractivity contribution >= 4 is 36.6 Å². The van der Waals surface area contributed by atoms with Crippen molar-refractivity contribution in [3.63, 3.8) is 0 Å². The van der Waals surface area contributed by atoms with Crippen LogP contribution in [0.4, 0.5) is 0 Å². The monoisotopic (exact) mass is 990 g/mol. The van der Waals surface area contributed by atoms with Crippen molar-refractivity contribution in [1.29, 1.82) is 0 Å². The molecule has 15 atom stereocenters. The normalized spacial score (nSPS) is 37.3. The molecule has 4 aliphatic rings. The third-order valence-corrected chi connectivity index (χ3v) is 15.6. The Morgan fingerprint density at radius 1 is 0.870 bits per heavy atom. The Bertz CT molecular complexity index is 1940. The number of allylic oxidation sites excluding steroid dienone is 6. The number of hydrogen-bond donors (Lipinski definition) is 2. The van der Waals surface area contributed by atoms with Crippen molar-refractivity contribution in [1.82, 2.24) is 4.90 Å². The molecule has 4 rings (SSSR count). The van der Waals surface area contributed by atoms with Gasteiger partial charge >= 0.3 is 5.97 Å². The average Bonchev–Trinajstić information content (AvgIpc) is 3.30. The first kappa shape index (κ1) is 58.4. The maximum Gasteiger partial charge on any atom is 0.329 e. The Labute approximate surface area is 411 Å². The Morgan fingerprint density at radius 3 is 2.23 bits per heavy atom. The highest BCUT2D eigenvalue weighted by Gasteiger charge is 2.53. The molecule has 2 unspecified atom stereocenters. The first-order chi connectivity index (χ1) is 32.4. The zero-order chi connectivity index (χ0) is 51.4. The van der Waals surface area contributed by atoms with Crippen molar-refractivity contribution in [3.05, 3.63) is 47.6 Å². The van der Waals surface area contributed by atoms with Gasteiger partial charge in [-0.1, -0.05) is 71.1 Å². The molecule has 3 heterocycles. The number of esters is 1. The van der Waals surface area contributed by atoms with Gasteiger partial charge in [-0.2, -0.15) is 0 Å². The molecule has 16 heteroatoms. The van der Waals surface area contributed by atoms with E-state index in [1.54, 1.807) is 54.4 Å². The number of carbonyl (C=O) groups excluding carboxylic acids is 5. The van der Waals surface area contributed by atoms with Gasteiger partial charge in [-0.15, -0.1) is 0 Å². The first-order valence-corrected chi connectivity index (χ1v) is 27.7. The van der Waals surface area contributed by atoms with E-state index in [2.05, 4.69) is 0 Å². The molecule has 2 bridgehead atoms. The zero-order valence-electron chi connectivity index (χ0n) is 43.4. The van der Waals surface area contributed by atoms with Gasteiger partial charge in [0.2, 0.25) is 5.79 Å². The number of aliphatic hydroxyl groups excluding tert-OH is 1. The maximum atomic E-state index is 14.5. The molecule has 15 nitrogen and oxygen atoms in total. The number of aliphatic hydroxyl groups is 2. The van der Waals surface area contributed by atoms with Crippen molar-refractivity contribution in [2.24, 2.45) is 35.5 Å². The standard InChI is InChI=1S/C53H84NO14P/c1-32-18-14-13-15-19-33(2)44(63-8)30-40-23-21-38(7)53(61,67-40)50(58)51(59)54-25-17-16-20-41(54)52(60)66-45(35(4)28-39-22-24-43(46(29-39)64-9)68-69(11,12)62)31-42(55)34(3)27-37(6)48(57)49(65-10)47(56)36(5)26-32/h13-15,18-19,27,32,35-41,43-46,48-49,57,61H,16-17,20-26,28-31H2,1-12H3/b15-13?,18-14?,33-19?,34-27+/t32-,35-,36-,37?,38-,39?,40+,41+,43-,44+,45+,46-,48-,49+,53-/m1/s1. The third kappa shape index (κ3) is 16.2. The fraction of sp³-hybridized carbons (Fsp3) is 0.755. The van der Waals surface area contributed by atoms with E-state index in [-0.39, 0.29) is 60.9 Å². The van der Waals surface area contributed by atoms with Crippen LogP contribution in [0.25, 0.3) is 0 Å². The van der Waals surface area contributed by atoms with Crippen molar-refractivity contribution in [3.8, 4) is 0 Å². The summed E-state index contributed by atoms with van der Waals surface area (Å²) in [6.07, 6.45) is 11.4. The number of methoxy groups -OCH3 is 3. The lowest BCUT2D eigenvalue weighted by molar-refractivity contribution is -0.265. The summed E-state index contributed by atoms with van der Waals surface area (Å²) in [4.78, 5) is 72.2. The van der Waals surface area contributed by atoms with Gasteiger partial charge < -0.3 is 43.3 Å². The number of cyclic esters (lactones) is 1. The predicted molar refractivity (Wildman–Crippen MR) is 263 cm³/mol. The number of ketones is 3. The highest BCUT2D eigenvalue weighted by molar-refractivity contribution is 7.57. The van der Waals surface area contributed by atoms with Gasteiger partial charge in [0.1, 0.15) is 18.2 Å². The topological polar surface area (TPSA) is 201 Å². The fourth-order valence-electron chi connectivity index (χ4n) is 10.6. The summed E-state index contributed by atoms with van der Waals surface area (Å²) < 4.78 is 48.2. The SMILES string of the molecule is CO[C@H]1C[C@@H]2CC[C@@H](C)[C@@](O)(O2)C(=O)C(=O)N2CCCC[C@H]2C(=O)O[C@H]([C@H](C)CC2CC[C@@H](OP(C)(C)=O)[C@H](OC)C2)CC(=O)/C(C)=C/C(C)[C@@H](O)[C@@H](OC)C(=O)[C@H](C)C[C@H](C)C=CC=CC=C1C.